The minimum atomic E-state index is -0.275. The van der Waals surface area contributed by atoms with Crippen LogP contribution in [0.1, 0.15) is 21.1 Å². The largest absolute Gasteiger partial charge is 0.481 e. The maximum atomic E-state index is 12.5. The van der Waals surface area contributed by atoms with Crippen LogP contribution in [0, 0.1) is 13.8 Å². The maximum absolute atomic E-state index is 12.5. The standard InChI is InChI=1S/C17H16ClN5O2S/c1-9-5-4-6-11(18)15(9)23-16(24)12-8-19-17(26-12)22-13-7-14(25-3)21-10(2)20-13/h4-8H,1-3H3,(H,23,24)(H,19,20,21,22). The van der Waals surface area contributed by atoms with Crippen molar-refractivity contribution in [3.05, 3.63) is 51.7 Å². The predicted octanol–water partition coefficient (Wildman–Crippen LogP) is 4.21. The average molecular weight is 390 g/mol. The number of anilines is 3. The number of methoxy groups -OCH3 is 1. The van der Waals surface area contributed by atoms with Crippen molar-refractivity contribution in [2.45, 2.75) is 13.8 Å². The lowest BCUT2D eigenvalue weighted by Gasteiger charge is -2.08. The molecule has 0 spiro atoms. The van der Waals surface area contributed by atoms with Crippen molar-refractivity contribution in [1.29, 1.82) is 0 Å². The number of halogens is 1. The summed E-state index contributed by atoms with van der Waals surface area (Å²) in [5.74, 6) is 1.28. The van der Waals surface area contributed by atoms with Crippen LogP contribution in [-0.4, -0.2) is 28.0 Å². The normalized spacial score (nSPS) is 10.5. The second kappa shape index (κ2) is 7.67. The number of rotatable bonds is 5. The summed E-state index contributed by atoms with van der Waals surface area (Å²) in [5, 5.41) is 6.90. The number of hydrogen-bond acceptors (Lipinski definition) is 7. The highest BCUT2D eigenvalue weighted by atomic mass is 35.5. The van der Waals surface area contributed by atoms with E-state index in [0.717, 1.165) is 5.56 Å². The highest BCUT2D eigenvalue weighted by Crippen LogP contribution is 2.28. The van der Waals surface area contributed by atoms with Crippen molar-refractivity contribution < 1.29 is 9.53 Å². The molecule has 3 aromatic rings. The topological polar surface area (TPSA) is 89.0 Å². The summed E-state index contributed by atoms with van der Waals surface area (Å²) < 4.78 is 5.12. The monoisotopic (exact) mass is 389 g/mol. The van der Waals surface area contributed by atoms with Gasteiger partial charge in [0.2, 0.25) is 5.88 Å². The summed E-state index contributed by atoms with van der Waals surface area (Å²) in [7, 11) is 1.54. The zero-order valence-electron chi connectivity index (χ0n) is 14.3. The molecule has 2 N–H and O–H groups in total. The molecule has 134 valence electrons. The Morgan fingerprint density at radius 2 is 2.08 bits per heavy atom. The molecule has 0 radical (unpaired) electrons. The van der Waals surface area contributed by atoms with Crippen molar-refractivity contribution >= 4 is 45.5 Å². The predicted molar refractivity (Wildman–Crippen MR) is 103 cm³/mol. The van der Waals surface area contributed by atoms with Gasteiger partial charge in [-0.1, -0.05) is 35.1 Å². The molecule has 2 heterocycles. The van der Waals surface area contributed by atoms with Gasteiger partial charge in [0.25, 0.3) is 5.91 Å². The molecular formula is C17H16ClN5O2S. The van der Waals surface area contributed by atoms with Crippen LogP contribution >= 0.6 is 22.9 Å². The summed E-state index contributed by atoms with van der Waals surface area (Å²) in [4.78, 5) is 25.5. The number of aryl methyl sites for hydroxylation is 2. The van der Waals surface area contributed by atoms with Gasteiger partial charge in [-0.3, -0.25) is 4.79 Å². The van der Waals surface area contributed by atoms with Gasteiger partial charge < -0.3 is 15.4 Å². The highest BCUT2D eigenvalue weighted by molar-refractivity contribution is 7.17. The molecular weight excluding hydrogens is 374 g/mol. The molecule has 0 aliphatic heterocycles. The van der Waals surface area contributed by atoms with Crippen LogP contribution in [0.15, 0.2) is 30.5 Å². The van der Waals surface area contributed by atoms with E-state index in [2.05, 4.69) is 25.6 Å². The van der Waals surface area contributed by atoms with Crippen LogP contribution in [0.5, 0.6) is 5.88 Å². The number of amides is 1. The fraction of sp³-hybridized carbons (Fsp3) is 0.176. The molecule has 7 nitrogen and oxygen atoms in total. The average Bonchev–Trinajstić information content (AvgIpc) is 3.06. The Morgan fingerprint density at radius 3 is 2.81 bits per heavy atom. The summed E-state index contributed by atoms with van der Waals surface area (Å²) in [6, 6.07) is 7.10. The van der Waals surface area contributed by atoms with Gasteiger partial charge in [0.15, 0.2) is 5.13 Å². The quantitative estimate of drug-likeness (QED) is 0.679. The highest BCUT2D eigenvalue weighted by Gasteiger charge is 2.14. The Hall–Kier alpha value is -2.71. The van der Waals surface area contributed by atoms with Crippen LogP contribution < -0.4 is 15.4 Å². The fourth-order valence-corrected chi connectivity index (χ4v) is 3.21. The van der Waals surface area contributed by atoms with Crippen molar-refractivity contribution in [2.75, 3.05) is 17.7 Å². The molecule has 3 rings (SSSR count). The first-order valence-corrected chi connectivity index (χ1v) is 8.84. The van der Waals surface area contributed by atoms with Crippen LogP contribution in [-0.2, 0) is 0 Å². The molecule has 0 atom stereocenters. The van der Waals surface area contributed by atoms with Crippen molar-refractivity contribution in [1.82, 2.24) is 15.0 Å². The Kier molecular flexibility index (Phi) is 5.34. The number of ether oxygens (including phenoxy) is 1. The second-order valence-corrected chi connectivity index (χ2v) is 6.82. The zero-order valence-corrected chi connectivity index (χ0v) is 15.9. The molecule has 26 heavy (non-hydrogen) atoms. The van der Waals surface area contributed by atoms with Crippen molar-refractivity contribution in [3.63, 3.8) is 0 Å². The summed E-state index contributed by atoms with van der Waals surface area (Å²) in [6.45, 7) is 3.65. The zero-order chi connectivity index (χ0) is 18.7. The van der Waals surface area contributed by atoms with Crippen molar-refractivity contribution in [3.8, 4) is 5.88 Å². The van der Waals surface area contributed by atoms with Gasteiger partial charge in [0.1, 0.15) is 16.5 Å². The minimum absolute atomic E-state index is 0.275. The minimum Gasteiger partial charge on any atom is -0.481 e. The SMILES string of the molecule is COc1cc(Nc2ncc(C(=O)Nc3c(C)cccc3Cl)s2)nc(C)n1. The van der Waals surface area contributed by atoms with Gasteiger partial charge in [-0.2, -0.15) is 4.98 Å². The number of hydrogen-bond donors (Lipinski definition) is 2. The van der Waals surface area contributed by atoms with E-state index < -0.39 is 0 Å². The van der Waals surface area contributed by atoms with Crippen LogP contribution in [0.25, 0.3) is 0 Å². The smallest absolute Gasteiger partial charge is 0.267 e. The van der Waals surface area contributed by atoms with E-state index in [1.54, 1.807) is 19.1 Å². The van der Waals surface area contributed by atoms with E-state index in [4.69, 9.17) is 16.3 Å². The number of nitrogens with zero attached hydrogens (tertiary/aromatic N) is 3. The van der Waals surface area contributed by atoms with E-state index in [-0.39, 0.29) is 5.91 Å². The lowest BCUT2D eigenvalue weighted by atomic mass is 10.2. The number of aromatic nitrogens is 3. The maximum Gasteiger partial charge on any atom is 0.267 e. The van der Waals surface area contributed by atoms with E-state index in [0.29, 0.717) is 38.2 Å². The van der Waals surface area contributed by atoms with Crippen molar-refractivity contribution in [2.24, 2.45) is 0 Å². The molecule has 9 heteroatoms. The van der Waals surface area contributed by atoms with E-state index in [1.165, 1.54) is 24.6 Å². The lowest BCUT2D eigenvalue weighted by molar-refractivity contribution is 0.103. The molecule has 0 aliphatic rings. The number of nitrogens with one attached hydrogen (secondary N) is 2. The Bertz CT molecular complexity index is 940. The third kappa shape index (κ3) is 4.09. The summed E-state index contributed by atoms with van der Waals surface area (Å²) >= 11 is 7.36. The van der Waals surface area contributed by atoms with Crippen LogP contribution in [0.4, 0.5) is 16.6 Å². The Balaban J connectivity index is 1.75. The molecule has 0 saturated carbocycles. The van der Waals surface area contributed by atoms with Gasteiger partial charge in [0.05, 0.1) is 24.0 Å². The summed E-state index contributed by atoms with van der Waals surface area (Å²) in [6.07, 6.45) is 1.50. The molecule has 2 aromatic heterocycles. The number of carbonyl (C=O) groups excluding carboxylic acids is 1. The van der Waals surface area contributed by atoms with Gasteiger partial charge in [-0.25, -0.2) is 9.97 Å². The molecule has 1 amide bonds. The number of thiazole rings is 1. The molecule has 0 saturated heterocycles. The first-order chi connectivity index (χ1) is 12.5. The molecule has 0 unspecified atom stereocenters. The molecule has 0 bridgehead atoms. The van der Waals surface area contributed by atoms with Gasteiger partial charge >= 0.3 is 0 Å². The van der Waals surface area contributed by atoms with E-state index >= 15 is 0 Å². The third-order valence-corrected chi connectivity index (χ3v) is 4.68. The molecule has 1 aromatic carbocycles. The third-order valence-electron chi connectivity index (χ3n) is 3.45. The van der Waals surface area contributed by atoms with E-state index in [9.17, 15) is 4.79 Å². The number of para-hydroxylation sites is 1. The van der Waals surface area contributed by atoms with Crippen LogP contribution in [0.2, 0.25) is 5.02 Å². The van der Waals surface area contributed by atoms with Gasteiger partial charge in [-0.15, -0.1) is 0 Å². The first kappa shape index (κ1) is 18.1. The lowest BCUT2D eigenvalue weighted by Crippen LogP contribution is -2.11. The van der Waals surface area contributed by atoms with Gasteiger partial charge in [-0.05, 0) is 25.5 Å². The van der Waals surface area contributed by atoms with E-state index in [1.807, 2.05) is 19.1 Å². The van der Waals surface area contributed by atoms with Crippen LogP contribution in [0.3, 0.4) is 0 Å². The summed E-state index contributed by atoms with van der Waals surface area (Å²) in [5.41, 5.74) is 1.48. The number of carbonyl (C=O) groups is 1. The van der Waals surface area contributed by atoms with Gasteiger partial charge in [0, 0.05) is 6.07 Å². The molecule has 0 fully saturated rings. The molecule has 0 aliphatic carbocycles. The fourth-order valence-electron chi connectivity index (χ4n) is 2.22. The number of benzene rings is 1. The first-order valence-electron chi connectivity index (χ1n) is 7.65. The Labute approximate surface area is 159 Å². The second-order valence-electron chi connectivity index (χ2n) is 5.38. The Morgan fingerprint density at radius 1 is 1.27 bits per heavy atom.